The van der Waals surface area contributed by atoms with Crippen LogP contribution in [0.25, 0.3) is 0 Å². The molecule has 0 N–H and O–H groups in total. The Morgan fingerprint density at radius 3 is 1.84 bits per heavy atom. The van der Waals surface area contributed by atoms with Crippen LogP contribution in [0.15, 0.2) is 12.2 Å². The fourth-order valence-electron chi connectivity index (χ4n) is 2.60. The van der Waals surface area contributed by atoms with Crippen molar-refractivity contribution in [3.8, 4) is 0 Å². The molecule has 2 aliphatic rings. The molecule has 0 bridgehead atoms. The largest absolute Gasteiger partial charge is 0.377 e. The van der Waals surface area contributed by atoms with Gasteiger partial charge in [0.1, 0.15) is 6.10 Å². The van der Waals surface area contributed by atoms with Crippen molar-refractivity contribution in [2.24, 2.45) is 0 Å². The Morgan fingerprint density at radius 2 is 1.12 bits per heavy atom. The minimum atomic E-state index is -0.00649. The van der Waals surface area contributed by atoms with Crippen LogP contribution in [0.2, 0.25) is 0 Å². The summed E-state index contributed by atoms with van der Waals surface area (Å²) >= 11 is 0. The highest BCUT2D eigenvalue weighted by molar-refractivity contribution is 4.83. The van der Waals surface area contributed by atoms with Crippen LogP contribution in [0.4, 0.5) is 0 Å². The Hall–Kier alpha value is -0.540. The second-order valence-electron chi connectivity index (χ2n) is 5.88. The van der Waals surface area contributed by atoms with Crippen LogP contribution < -0.4 is 0 Å². The van der Waals surface area contributed by atoms with Crippen LogP contribution in [0, 0.1) is 0 Å². The van der Waals surface area contributed by atoms with E-state index in [1.807, 2.05) is 12.2 Å². The summed E-state index contributed by atoms with van der Waals surface area (Å²) in [4.78, 5) is 0. The Bertz CT molecular complexity index is 337. The summed E-state index contributed by atoms with van der Waals surface area (Å²) in [5.74, 6) is 0. The van der Waals surface area contributed by atoms with Gasteiger partial charge >= 0.3 is 0 Å². The molecule has 0 saturated carbocycles. The van der Waals surface area contributed by atoms with E-state index in [9.17, 15) is 0 Å². The monoisotopic (exact) mass is 360 g/mol. The van der Waals surface area contributed by atoms with Gasteiger partial charge < -0.3 is 33.2 Å². The van der Waals surface area contributed by atoms with Crippen molar-refractivity contribution in [1.29, 1.82) is 0 Å². The number of hydrogen-bond acceptors (Lipinski definition) is 7. The van der Waals surface area contributed by atoms with Crippen molar-refractivity contribution in [2.75, 3.05) is 79.3 Å². The zero-order valence-corrected chi connectivity index (χ0v) is 15.1. The Balaban J connectivity index is 1.69. The summed E-state index contributed by atoms with van der Waals surface area (Å²) < 4.78 is 39.2. The maximum Gasteiger partial charge on any atom is 0.107 e. The van der Waals surface area contributed by atoms with Gasteiger partial charge in [0.15, 0.2) is 0 Å². The van der Waals surface area contributed by atoms with E-state index < -0.39 is 0 Å². The second-order valence-corrected chi connectivity index (χ2v) is 5.88. The minimum Gasteiger partial charge on any atom is -0.377 e. The van der Waals surface area contributed by atoms with Gasteiger partial charge in [0.25, 0.3) is 0 Å². The molecular formula is C18H32O7. The molecule has 0 amide bonds. The van der Waals surface area contributed by atoms with Crippen LogP contribution in [0.3, 0.4) is 0 Å². The van der Waals surface area contributed by atoms with Gasteiger partial charge in [-0.1, -0.05) is 12.2 Å². The number of fused-ring (bicyclic) bond motifs is 1. The highest BCUT2D eigenvalue weighted by atomic mass is 16.6. The number of hydrogen-bond donors (Lipinski definition) is 0. The van der Waals surface area contributed by atoms with Crippen molar-refractivity contribution in [2.45, 2.75) is 25.0 Å². The van der Waals surface area contributed by atoms with Gasteiger partial charge in [0.2, 0.25) is 0 Å². The lowest BCUT2D eigenvalue weighted by Crippen LogP contribution is -2.40. The smallest absolute Gasteiger partial charge is 0.107 e. The molecule has 0 aliphatic carbocycles. The number of ether oxygens (including phenoxy) is 7. The molecule has 0 aromatic heterocycles. The molecule has 0 aromatic rings. The van der Waals surface area contributed by atoms with Gasteiger partial charge in [-0.3, -0.25) is 0 Å². The first-order valence-corrected chi connectivity index (χ1v) is 9.24. The van der Waals surface area contributed by atoms with Crippen molar-refractivity contribution in [3.05, 3.63) is 12.2 Å². The molecule has 0 unspecified atom stereocenters. The summed E-state index contributed by atoms with van der Waals surface area (Å²) in [6, 6.07) is 0. The molecule has 1 fully saturated rings. The molecule has 146 valence electrons. The standard InChI is InChI=1S/C18H32O7/c1-2-6-24-17-4-3-7-25-18(17)16-23-15-14-22-13-12-21-11-10-20-9-8-19-5-1/h1-2,17-18H,3-16H2/b2-1-/t17-,18+/m0/s1. The zero-order chi connectivity index (χ0) is 17.4. The molecule has 7 heteroatoms. The summed E-state index contributed by atoms with van der Waals surface area (Å²) in [7, 11) is 0. The molecule has 2 aliphatic heterocycles. The quantitative estimate of drug-likeness (QED) is 0.602. The topological polar surface area (TPSA) is 64.6 Å². The lowest BCUT2D eigenvalue weighted by atomic mass is 10.1. The van der Waals surface area contributed by atoms with Gasteiger partial charge in [-0.15, -0.1) is 0 Å². The molecule has 25 heavy (non-hydrogen) atoms. The molecule has 7 nitrogen and oxygen atoms in total. The first-order chi connectivity index (χ1) is 12.5. The summed E-state index contributed by atoms with van der Waals surface area (Å²) in [6.45, 7) is 6.94. The Labute approximate surface area is 150 Å². The van der Waals surface area contributed by atoms with Crippen LogP contribution in [0.5, 0.6) is 0 Å². The number of rotatable bonds is 0. The molecule has 2 heterocycles. The van der Waals surface area contributed by atoms with Gasteiger partial charge in [0, 0.05) is 6.61 Å². The third kappa shape index (κ3) is 10.3. The summed E-state index contributed by atoms with van der Waals surface area (Å²) in [5.41, 5.74) is 0. The second kappa shape index (κ2) is 14.6. The van der Waals surface area contributed by atoms with Crippen molar-refractivity contribution < 1.29 is 33.2 Å². The van der Waals surface area contributed by atoms with Crippen molar-refractivity contribution in [1.82, 2.24) is 0 Å². The van der Waals surface area contributed by atoms with Crippen LogP contribution in [-0.2, 0) is 33.2 Å². The predicted molar refractivity (Wildman–Crippen MR) is 91.9 cm³/mol. The molecule has 0 radical (unpaired) electrons. The van der Waals surface area contributed by atoms with Crippen LogP contribution in [-0.4, -0.2) is 91.5 Å². The zero-order valence-electron chi connectivity index (χ0n) is 15.1. The van der Waals surface area contributed by atoms with E-state index in [0.29, 0.717) is 72.7 Å². The van der Waals surface area contributed by atoms with Crippen LogP contribution >= 0.6 is 0 Å². The van der Waals surface area contributed by atoms with Crippen molar-refractivity contribution in [3.63, 3.8) is 0 Å². The fraction of sp³-hybridized carbons (Fsp3) is 0.889. The Kier molecular flexibility index (Phi) is 12.1. The molecule has 2 atom stereocenters. The van der Waals surface area contributed by atoms with Gasteiger partial charge in [0.05, 0.1) is 78.8 Å². The van der Waals surface area contributed by atoms with Crippen molar-refractivity contribution >= 4 is 0 Å². The average Bonchev–Trinajstić information content (AvgIpc) is 2.64. The van der Waals surface area contributed by atoms with E-state index in [2.05, 4.69) is 0 Å². The molecule has 1 saturated heterocycles. The fourth-order valence-corrected chi connectivity index (χ4v) is 2.60. The van der Waals surface area contributed by atoms with E-state index in [0.717, 1.165) is 19.4 Å². The minimum absolute atomic E-state index is 0.00649. The maximum absolute atomic E-state index is 5.92. The lowest BCUT2D eigenvalue weighted by Gasteiger charge is -2.31. The third-order valence-electron chi connectivity index (χ3n) is 3.94. The molecule has 0 aromatic carbocycles. The average molecular weight is 360 g/mol. The summed E-state index contributed by atoms with van der Waals surface area (Å²) in [5, 5.41) is 0. The van der Waals surface area contributed by atoms with Gasteiger partial charge in [-0.2, -0.15) is 0 Å². The normalized spacial score (nSPS) is 31.4. The molecular weight excluding hydrogens is 328 g/mol. The lowest BCUT2D eigenvalue weighted by molar-refractivity contribution is -0.129. The summed E-state index contributed by atoms with van der Waals surface area (Å²) in [6.07, 6.45) is 6.06. The SMILES string of the molecule is C1=C\CO[C@H]2CCCO[C@@H]2COCCOCCOCCOCCOC/1. The highest BCUT2D eigenvalue weighted by Crippen LogP contribution is 2.17. The third-order valence-corrected chi connectivity index (χ3v) is 3.94. The van der Waals surface area contributed by atoms with E-state index in [1.54, 1.807) is 0 Å². The molecule has 0 spiro atoms. The van der Waals surface area contributed by atoms with E-state index >= 15 is 0 Å². The van der Waals surface area contributed by atoms with Gasteiger partial charge in [-0.25, -0.2) is 0 Å². The van der Waals surface area contributed by atoms with Gasteiger partial charge in [-0.05, 0) is 12.8 Å². The van der Waals surface area contributed by atoms with Crippen LogP contribution in [0.1, 0.15) is 12.8 Å². The maximum atomic E-state index is 5.92. The molecule has 2 rings (SSSR count). The van der Waals surface area contributed by atoms with E-state index in [-0.39, 0.29) is 12.2 Å². The van der Waals surface area contributed by atoms with E-state index in [1.165, 1.54) is 0 Å². The first kappa shape index (κ1) is 20.8. The predicted octanol–water partition coefficient (Wildman–Crippen LogP) is 1.20. The first-order valence-electron chi connectivity index (χ1n) is 9.24. The Morgan fingerprint density at radius 1 is 0.520 bits per heavy atom. The van der Waals surface area contributed by atoms with E-state index in [4.69, 9.17) is 33.2 Å². The highest BCUT2D eigenvalue weighted by Gasteiger charge is 2.26.